The average Bonchev–Trinajstić information content (AvgIpc) is 2.98. The molecule has 2 heterocycles. The minimum atomic E-state index is -0.0742. The number of hydrogen-bond donors (Lipinski definition) is 2. The van der Waals surface area contributed by atoms with Gasteiger partial charge in [0.05, 0.1) is 11.9 Å². The van der Waals surface area contributed by atoms with Crippen LogP contribution < -0.4 is 16.0 Å². The van der Waals surface area contributed by atoms with Crippen molar-refractivity contribution in [3.05, 3.63) is 30.5 Å². The lowest BCUT2D eigenvalue weighted by molar-refractivity contribution is 0.252. The Morgan fingerprint density at radius 1 is 1.32 bits per heavy atom. The van der Waals surface area contributed by atoms with Crippen molar-refractivity contribution < 1.29 is 4.79 Å². The zero-order valence-electron chi connectivity index (χ0n) is 10.6. The third-order valence-corrected chi connectivity index (χ3v) is 3.33. The molecule has 1 aliphatic heterocycles. The summed E-state index contributed by atoms with van der Waals surface area (Å²) in [5, 5.41) is 6.95. The van der Waals surface area contributed by atoms with Crippen molar-refractivity contribution in [3.63, 3.8) is 0 Å². The Morgan fingerprint density at radius 2 is 2.11 bits per heavy atom. The predicted molar refractivity (Wildman–Crippen MR) is 73.8 cm³/mol. The average molecular weight is 257 g/mol. The summed E-state index contributed by atoms with van der Waals surface area (Å²) in [5.74, 6) is 0.590. The molecule has 1 aromatic carbocycles. The fourth-order valence-corrected chi connectivity index (χ4v) is 2.29. The van der Waals surface area contributed by atoms with Crippen molar-refractivity contribution in [2.45, 2.75) is 0 Å². The number of nitrogens with one attached hydrogen (secondary N) is 1. The Kier molecular flexibility index (Phi) is 2.63. The van der Waals surface area contributed by atoms with Crippen LogP contribution in [0.15, 0.2) is 30.5 Å². The van der Waals surface area contributed by atoms with Crippen LogP contribution in [0.25, 0.3) is 11.1 Å². The number of benzene rings is 1. The Balaban J connectivity index is 2.12. The van der Waals surface area contributed by atoms with Gasteiger partial charge < -0.3 is 11.1 Å². The smallest absolute Gasteiger partial charge is 0.322 e. The Labute approximate surface area is 110 Å². The highest BCUT2D eigenvalue weighted by Gasteiger charge is 2.24. The number of rotatable bonds is 2. The van der Waals surface area contributed by atoms with Crippen LogP contribution in [0.5, 0.6) is 0 Å². The number of nitrogen functional groups attached to an aromatic ring is 1. The van der Waals surface area contributed by atoms with Crippen molar-refractivity contribution in [1.29, 1.82) is 0 Å². The van der Waals surface area contributed by atoms with Gasteiger partial charge in [-0.05, 0) is 6.07 Å². The quantitative estimate of drug-likeness (QED) is 0.848. The van der Waals surface area contributed by atoms with Crippen LogP contribution in [0.1, 0.15) is 0 Å². The zero-order chi connectivity index (χ0) is 13.4. The molecule has 0 saturated carbocycles. The van der Waals surface area contributed by atoms with Crippen molar-refractivity contribution in [3.8, 4) is 11.1 Å². The number of hydrogen-bond acceptors (Lipinski definition) is 3. The van der Waals surface area contributed by atoms with Crippen molar-refractivity contribution >= 4 is 17.5 Å². The molecule has 0 aliphatic carbocycles. The first-order valence-corrected chi connectivity index (χ1v) is 6.10. The molecular formula is C13H15N5O. The van der Waals surface area contributed by atoms with E-state index in [1.807, 2.05) is 24.3 Å². The van der Waals surface area contributed by atoms with Gasteiger partial charge in [0.25, 0.3) is 0 Å². The van der Waals surface area contributed by atoms with E-state index in [9.17, 15) is 4.79 Å². The second-order valence-electron chi connectivity index (χ2n) is 4.47. The number of carbonyl (C=O) groups excluding carboxylic acids is 1. The number of anilines is 2. The second-order valence-corrected chi connectivity index (χ2v) is 4.47. The van der Waals surface area contributed by atoms with Crippen molar-refractivity contribution in [2.24, 2.45) is 7.05 Å². The summed E-state index contributed by atoms with van der Waals surface area (Å²) in [6.07, 6.45) is 1.72. The van der Waals surface area contributed by atoms with E-state index in [0.29, 0.717) is 18.9 Å². The molecule has 1 aromatic heterocycles. The normalized spacial score (nSPS) is 14.8. The lowest BCUT2D eigenvalue weighted by Gasteiger charge is -2.18. The number of aryl methyl sites for hydroxylation is 1. The van der Waals surface area contributed by atoms with Gasteiger partial charge in [0.1, 0.15) is 5.82 Å². The highest BCUT2D eigenvalue weighted by molar-refractivity contribution is 5.99. The Morgan fingerprint density at radius 3 is 2.74 bits per heavy atom. The summed E-state index contributed by atoms with van der Waals surface area (Å²) in [6.45, 7) is 1.33. The van der Waals surface area contributed by atoms with Crippen LogP contribution in [0.3, 0.4) is 0 Å². The summed E-state index contributed by atoms with van der Waals surface area (Å²) < 4.78 is 1.62. The van der Waals surface area contributed by atoms with Crippen molar-refractivity contribution in [2.75, 3.05) is 23.7 Å². The fraction of sp³-hybridized carbons (Fsp3) is 0.231. The number of nitrogens with zero attached hydrogens (tertiary/aromatic N) is 3. The molecule has 2 aromatic rings. The maximum Gasteiger partial charge on any atom is 0.322 e. The van der Waals surface area contributed by atoms with E-state index >= 15 is 0 Å². The topological polar surface area (TPSA) is 76.2 Å². The van der Waals surface area contributed by atoms with Gasteiger partial charge in [-0.1, -0.05) is 18.2 Å². The standard InChI is InChI=1S/C13H15N5O/c1-17-12(14)10(8-16-17)9-4-2-3-5-11(9)18-7-6-15-13(18)19/h2-5,8H,6-7,14H2,1H3,(H,15,19). The molecule has 0 unspecified atom stereocenters. The van der Waals surface area contributed by atoms with Gasteiger partial charge >= 0.3 is 6.03 Å². The third kappa shape index (κ3) is 1.81. The van der Waals surface area contributed by atoms with Crippen LogP contribution in [0.2, 0.25) is 0 Å². The summed E-state index contributed by atoms with van der Waals surface area (Å²) in [5.41, 5.74) is 8.64. The van der Waals surface area contributed by atoms with Crippen LogP contribution in [0.4, 0.5) is 16.3 Å². The first-order valence-electron chi connectivity index (χ1n) is 6.10. The van der Waals surface area contributed by atoms with E-state index in [4.69, 9.17) is 5.73 Å². The van der Waals surface area contributed by atoms with E-state index in [2.05, 4.69) is 10.4 Å². The van der Waals surface area contributed by atoms with Gasteiger partial charge in [-0.2, -0.15) is 5.10 Å². The zero-order valence-corrected chi connectivity index (χ0v) is 10.6. The number of carbonyl (C=O) groups is 1. The molecule has 98 valence electrons. The van der Waals surface area contributed by atoms with Gasteiger partial charge in [0.2, 0.25) is 0 Å². The maximum absolute atomic E-state index is 11.8. The molecule has 1 aliphatic rings. The highest BCUT2D eigenvalue weighted by atomic mass is 16.2. The van der Waals surface area contributed by atoms with Crippen LogP contribution >= 0.6 is 0 Å². The molecule has 0 spiro atoms. The van der Waals surface area contributed by atoms with Crippen LogP contribution in [-0.2, 0) is 7.05 Å². The first-order chi connectivity index (χ1) is 9.18. The lowest BCUT2D eigenvalue weighted by Crippen LogP contribution is -2.28. The molecule has 6 nitrogen and oxygen atoms in total. The molecule has 1 fully saturated rings. The number of para-hydroxylation sites is 1. The van der Waals surface area contributed by atoms with E-state index in [1.165, 1.54) is 0 Å². The molecule has 19 heavy (non-hydrogen) atoms. The molecular weight excluding hydrogens is 242 g/mol. The molecule has 3 N–H and O–H groups in total. The SMILES string of the molecule is Cn1ncc(-c2ccccc2N2CCNC2=O)c1N. The molecule has 0 atom stereocenters. The van der Waals surface area contributed by atoms with Gasteiger partial charge in [-0.25, -0.2) is 4.79 Å². The second kappa shape index (κ2) is 4.31. The number of urea groups is 1. The van der Waals surface area contributed by atoms with Gasteiger partial charge in [-0.15, -0.1) is 0 Å². The van der Waals surface area contributed by atoms with E-state index in [-0.39, 0.29) is 6.03 Å². The van der Waals surface area contributed by atoms with E-state index in [1.54, 1.807) is 22.8 Å². The van der Waals surface area contributed by atoms with Gasteiger partial charge in [-0.3, -0.25) is 9.58 Å². The first kappa shape index (κ1) is 11.6. The molecule has 0 radical (unpaired) electrons. The molecule has 6 heteroatoms. The van der Waals surface area contributed by atoms with Gasteiger partial charge in [0, 0.05) is 31.3 Å². The molecule has 3 rings (SSSR count). The minimum Gasteiger partial charge on any atom is -0.383 e. The summed E-state index contributed by atoms with van der Waals surface area (Å²) in [7, 11) is 1.80. The Bertz CT molecular complexity index is 634. The number of amides is 2. The van der Waals surface area contributed by atoms with E-state index < -0.39 is 0 Å². The monoisotopic (exact) mass is 257 g/mol. The van der Waals surface area contributed by atoms with E-state index in [0.717, 1.165) is 16.8 Å². The fourth-order valence-electron chi connectivity index (χ4n) is 2.29. The molecule has 1 saturated heterocycles. The molecule has 0 bridgehead atoms. The highest BCUT2D eigenvalue weighted by Crippen LogP contribution is 2.34. The van der Waals surface area contributed by atoms with Crippen LogP contribution in [0, 0.1) is 0 Å². The Hall–Kier alpha value is -2.50. The van der Waals surface area contributed by atoms with Crippen LogP contribution in [-0.4, -0.2) is 28.9 Å². The predicted octanol–water partition coefficient (Wildman–Crippen LogP) is 1.20. The largest absolute Gasteiger partial charge is 0.383 e. The number of nitrogens with two attached hydrogens (primary N) is 1. The van der Waals surface area contributed by atoms with Gasteiger partial charge in [0.15, 0.2) is 0 Å². The summed E-state index contributed by atoms with van der Waals surface area (Å²) >= 11 is 0. The third-order valence-electron chi connectivity index (χ3n) is 3.33. The lowest BCUT2D eigenvalue weighted by atomic mass is 10.1. The summed E-state index contributed by atoms with van der Waals surface area (Å²) in [6, 6.07) is 7.65. The molecule has 2 amide bonds. The van der Waals surface area contributed by atoms with Crippen molar-refractivity contribution in [1.82, 2.24) is 15.1 Å². The minimum absolute atomic E-state index is 0.0742. The number of aromatic nitrogens is 2. The summed E-state index contributed by atoms with van der Waals surface area (Å²) in [4.78, 5) is 13.5. The maximum atomic E-state index is 11.8.